The van der Waals surface area contributed by atoms with Crippen LogP contribution in [0.1, 0.15) is 57.5 Å². The second kappa shape index (κ2) is 9.53. The Morgan fingerprint density at radius 3 is 2.15 bits per heavy atom. The molecular formula is C21H31NO4. The molecule has 0 bridgehead atoms. The Bertz CT molecular complexity index is 639. The minimum Gasteiger partial charge on any atom is -0.465 e. The number of methoxy groups -OCH3 is 1. The van der Waals surface area contributed by atoms with E-state index in [0.717, 1.165) is 5.56 Å². The summed E-state index contributed by atoms with van der Waals surface area (Å²) in [6, 6.07) is 7.09. The van der Waals surface area contributed by atoms with Crippen molar-refractivity contribution in [1.29, 1.82) is 0 Å². The number of ether oxygens (including phenoxy) is 2. The molecule has 0 aliphatic carbocycles. The van der Waals surface area contributed by atoms with E-state index >= 15 is 0 Å². The maximum Gasteiger partial charge on any atom is 0.337 e. The first kappa shape index (κ1) is 21.9. The van der Waals surface area contributed by atoms with Crippen LogP contribution in [0.5, 0.6) is 0 Å². The summed E-state index contributed by atoms with van der Waals surface area (Å²) in [5, 5.41) is 3.43. The van der Waals surface area contributed by atoms with Crippen molar-refractivity contribution in [2.24, 2.45) is 5.92 Å². The van der Waals surface area contributed by atoms with Crippen molar-refractivity contribution >= 4 is 11.9 Å². The van der Waals surface area contributed by atoms with Crippen LogP contribution < -0.4 is 5.32 Å². The number of rotatable bonds is 7. The second-order valence-electron chi connectivity index (χ2n) is 7.54. The zero-order chi connectivity index (χ0) is 19.9. The summed E-state index contributed by atoms with van der Waals surface area (Å²) >= 11 is 0. The number of carbonyl (C=O) groups excluding carboxylic acids is 2. The molecule has 0 heterocycles. The lowest BCUT2D eigenvalue weighted by atomic mass is 9.95. The molecule has 5 heteroatoms. The molecular weight excluding hydrogens is 330 g/mol. The van der Waals surface area contributed by atoms with Crippen LogP contribution in [0.3, 0.4) is 0 Å². The normalized spacial score (nSPS) is 13.5. The van der Waals surface area contributed by atoms with Gasteiger partial charge in [0.15, 0.2) is 0 Å². The quantitative estimate of drug-likeness (QED) is 0.590. The van der Waals surface area contributed by atoms with Gasteiger partial charge in [-0.25, -0.2) is 9.59 Å². The molecule has 0 aromatic heterocycles. The number of benzene rings is 1. The predicted molar refractivity (Wildman–Crippen MR) is 103 cm³/mol. The molecule has 144 valence electrons. The van der Waals surface area contributed by atoms with Crippen LogP contribution >= 0.6 is 0 Å². The van der Waals surface area contributed by atoms with Gasteiger partial charge in [-0.3, -0.25) is 0 Å². The minimum atomic E-state index is -0.531. The van der Waals surface area contributed by atoms with Gasteiger partial charge >= 0.3 is 11.9 Å². The summed E-state index contributed by atoms with van der Waals surface area (Å²) in [4.78, 5) is 24.0. The van der Waals surface area contributed by atoms with E-state index in [1.807, 2.05) is 45.9 Å². The highest BCUT2D eigenvalue weighted by Gasteiger charge is 2.27. The first-order valence-corrected chi connectivity index (χ1v) is 8.89. The van der Waals surface area contributed by atoms with Gasteiger partial charge in [0.25, 0.3) is 0 Å². The number of allylic oxidation sites excluding steroid dienone is 1. The van der Waals surface area contributed by atoms with E-state index in [1.165, 1.54) is 7.11 Å². The molecule has 26 heavy (non-hydrogen) atoms. The lowest BCUT2D eigenvalue weighted by molar-refractivity contribution is -0.150. The zero-order valence-electron chi connectivity index (χ0n) is 16.9. The molecule has 1 aromatic rings. The van der Waals surface area contributed by atoms with Gasteiger partial charge in [0, 0.05) is 12.6 Å². The summed E-state index contributed by atoms with van der Waals surface area (Å²) in [7, 11) is 1.36. The van der Waals surface area contributed by atoms with E-state index in [9.17, 15) is 9.59 Å². The first-order valence-electron chi connectivity index (χ1n) is 8.89. The van der Waals surface area contributed by atoms with Crippen LogP contribution in [-0.2, 0) is 20.8 Å². The molecule has 0 spiro atoms. The SMILES string of the molecule is C/C=C(/C(=O)OC(C)(C)C)C(NCc1ccc(C(=O)OC)cc1)C(C)C. The van der Waals surface area contributed by atoms with E-state index in [-0.39, 0.29) is 23.9 Å². The molecule has 1 N–H and O–H groups in total. The molecule has 0 aliphatic heterocycles. The fraction of sp³-hybridized carbons (Fsp3) is 0.524. The average Bonchev–Trinajstić information content (AvgIpc) is 2.56. The van der Waals surface area contributed by atoms with Crippen molar-refractivity contribution in [1.82, 2.24) is 5.32 Å². The maximum atomic E-state index is 12.5. The molecule has 0 fully saturated rings. The van der Waals surface area contributed by atoms with Crippen LogP contribution in [0.25, 0.3) is 0 Å². The summed E-state index contributed by atoms with van der Waals surface area (Å²) in [5.41, 5.74) is 1.62. The monoisotopic (exact) mass is 361 g/mol. The van der Waals surface area contributed by atoms with Crippen LogP contribution in [0.4, 0.5) is 0 Å². The van der Waals surface area contributed by atoms with Crippen molar-refractivity contribution in [3.8, 4) is 0 Å². The summed E-state index contributed by atoms with van der Waals surface area (Å²) < 4.78 is 10.2. The van der Waals surface area contributed by atoms with E-state index < -0.39 is 5.60 Å². The van der Waals surface area contributed by atoms with Crippen molar-refractivity contribution in [2.45, 2.75) is 59.7 Å². The Kier molecular flexibility index (Phi) is 8.03. The lowest BCUT2D eigenvalue weighted by Crippen LogP contribution is -2.39. The predicted octanol–water partition coefficient (Wildman–Crippen LogP) is 3.88. The van der Waals surface area contributed by atoms with Gasteiger partial charge < -0.3 is 14.8 Å². The van der Waals surface area contributed by atoms with E-state index in [4.69, 9.17) is 9.47 Å². The van der Waals surface area contributed by atoms with Crippen molar-refractivity contribution in [3.05, 3.63) is 47.0 Å². The Morgan fingerprint density at radius 1 is 1.15 bits per heavy atom. The van der Waals surface area contributed by atoms with Crippen molar-refractivity contribution < 1.29 is 19.1 Å². The molecule has 0 radical (unpaired) electrons. The standard InChI is InChI=1S/C21H31NO4/c1-8-17(20(24)26-21(4,5)6)18(14(2)3)22-13-15-9-11-16(12-10-15)19(23)25-7/h8-12,14,18,22H,13H2,1-7H3/b17-8+. The number of nitrogens with one attached hydrogen (secondary N) is 1. The fourth-order valence-corrected chi connectivity index (χ4v) is 2.57. The van der Waals surface area contributed by atoms with Crippen LogP contribution in [0, 0.1) is 5.92 Å². The number of hydrogen-bond acceptors (Lipinski definition) is 5. The highest BCUT2D eigenvalue weighted by molar-refractivity contribution is 5.90. The third kappa shape index (κ3) is 6.64. The van der Waals surface area contributed by atoms with Gasteiger partial charge in [-0.2, -0.15) is 0 Å². The van der Waals surface area contributed by atoms with Gasteiger partial charge in [0.05, 0.1) is 18.2 Å². The molecule has 1 rings (SSSR count). The molecule has 0 saturated carbocycles. The third-order valence-corrected chi connectivity index (χ3v) is 3.85. The molecule has 1 aromatic carbocycles. The summed E-state index contributed by atoms with van der Waals surface area (Å²) in [6.07, 6.45) is 1.81. The zero-order valence-corrected chi connectivity index (χ0v) is 16.9. The highest BCUT2D eigenvalue weighted by Crippen LogP contribution is 2.19. The second-order valence-corrected chi connectivity index (χ2v) is 7.54. The molecule has 5 nitrogen and oxygen atoms in total. The first-order chi connectivity index (χ1) is 12.1. The topological polar surface area (TPSA) is 64.6 Å². The largest absolute Gasteiger partial charge is 0.465 e. The number of carbonyl (C=O) groups is 2. The Labute approximate surface area is 156 Å². The smallest absolute Gasteiger partial charge is 0.337 e. The van der Waals surface area contributed by atoms with E-state index in [0.29, 0.717) is 17.7 Å². The fourth-order valence-electron chi connectivity index (χ4n) is 2.57. The highest BCUT2D eigenvalue weighted by atomic mass is 16.6. The molecule has 0 amide bonds. The number of hydrogen-bond donors (Lipinski definition) is 1. The molecule has 1 atom stereocenters. The average molecular weight is 361 g/mol. The van der Waals surface area contributed by atoms with E-state index in [2.05, 4.69) is 19.2 Å². The third-order valence-electron chi connectivity index (χ3n) is 3.85. The van der Waals surface area contributed by atoms with Gasteiger partial charge in [-0.1, -0.05) is 32.1 Å². The Morgan fingerprint density at radius 2 is 1.73 bits per heavy atom. The van der Waals surface area contributed by atoms with Crippen molar-refractivity contribution in [3.63, 3.8) is 0 Å². The van der Waals surface area contributed by atoms with Gasteiger partial charge in [-0.05, 0) is 51.3 Å². The minimum absolute atomic E-state index is 0.130. The summed E-state index contributed by atoms with van der Waals surface area (Å²) in [6.45, 7) is 12.1. The maximum absolute atomic E-state index is 12.5. The Hall–Kier alpha value is -2.14. The van der Waals surface area contributed by atoms with Gasteiger partial charge in [-0.15, -0.1) is 0 Å². The van der Waals surface area contributed by atoms with Crippen molar-refractivity contribution in [2.75, 3.05) is 7.11 Å². The Balaban J connectivity index is 2.84. The van der Waals surface area contributed by atoms with Gasteiger partial charge in [0.2, 0.25) is 0 Å². The molecule has 0 saturated heterocycles. The van der Waals surface area contributed by atoms with E-state index in [1.54, 1.807) is 12.1 Å². The lowest BCUT2D eigenvalue weighted by Gasteiger charge is -2.27. The molecule has 0 aliphatic rings. The van der Waals surface area contributed by atoms with Crippen LogP contribution in [0.2, 0.25) is 0 Å². The number of esters is 2. The van der Waals surface area contributed by atoms with Crippen LogP contribution in [-0.4, -0.2) is 30.7 Å². The van der Waals surface area contributed by atoms with Crippen LogP contribution in [0.15, 0.2) is 35.9 Å². The molecule has 1 unspecified atom stereocenters. The summed E-state index contributed by atoms with van der Waals surface area (Å²) in [5.74, 6) is -0.444. The van der Waals surface area contributed by atoms with Gasteiger partial charge in [0.1, 0.15) is 5.60 Å².